The zero-order valence-electron chi connectivity index (χ0n) is 16.5. The van der Waals surface area contributed by atoms with Crippen molar-refractivity contribution in [3.05, 3.63) is 69.2 Å². The van der Waals surface area contributed by atoms with Gasteiger partial charge in [0, 0.05) is 16.1 Å². The smallest absolute Gasteiger partial charge is 0.391 e. The molecule has 5 nitrogen and oxygen atoms in total. The average Bonchev–Trinajstić information content (AvgIpc) is 2.65. The van der Waals surface area contributed by atoms with E-state index in [9.17, 15) is 39.5 Å². The van der Waals surface area contributed by atoms with Crippen molar-refractivity contribution in [2.45, 2.75) is 32.1 Å². The molecule has 0 fully saturated rings. The molecule has 0 amide bonds. The molecule has 0 aliphatic heterocycles. The van der Waals surface area contributed by atoms with E-state index in [1.165, 1.54) is 0 Å². The van der Waals surface area contributed by atoms with E-state index < -0.39 is 63.5 Å². The highest BCUT2D eigenvalue weighted by molar-refractivity contribution is 7.60. The lowest BCUT2D eigenvalue weighted by atomic mass is 10.0. The third kappa shape index (κ3) is 8.85. The topological polar surface area (TPSA) is 79.6 Å². The number of alkyl halides is 9. The van der Waals surface area contributed by atoms with Crippen molar-refractivity contribution >= 4 is 27.8 Å². The highest BCUT2D eigenvalue weighted by atomic mass is 35.5. The second kappa shape index (κ2) is 11.1. The number of hydrogen-bond acceptors (Lipinski definition) is 5. The molecule has 188 valence electrons. The predicted molar refractivity (Wildman–Crippen MR) is 102 cm³/mol. The normalized spacial score (nSPS) is 12.6. The first-order valence-electron chi connectivity index (χ1n) is 8.45. The summed E-state index contributed by atoms with van der Waals surface area (Å²) in [5.41, 5.74) is -5.67. The summed E-state index contributed by atoms with van der Waals surface area (Å²) in [6, 6.07) is 3.58. The number of nitrogens with zero attached hydrogens (tertiary/aromatic N) is 1. The molecule has 0 radical (unpaired) electrons. The fraction of sp³-hybridized carbons (Fsp3) is 0.278. The standard InChI is InChI=1S/C18H11ClF9NO.HNO2S/c1-9(13-7-12(19)4-5-14(13)17(23,24)25)29-30-8-10-2-3-11(16(20,21)22)6-15(10)18(26,27)28;1-4(2)3/h2-7H,8H2,1H3;1H/b29-9+;. The second-order valence-corrected chi connectivity index (χ2v) is 7.15. The third-order valence-corrected chi connectivity index (χ3v) is 4.08. The van der Waals surface area contributed by atoms with Gasteiger partial charge >= 0.3 is 29.0 Å². The predicted octanol–water partition coefficient (Wildman–Crippen LogP) is 6.97. The van der Waals surface area contributed by atoms with Crippen LogP contribution in [0.2, 0.25) is 5.02 Å². The maximum atomic E-state index is 13.1. The first-order valence-corrected chi connectivity index (χ1v) is 9.90. The van der Waals surface area contributed by atoms with Gasteiger partial charge in [0.25, 0.3) is 0 Å². The van der Waals surface area contributed by atoms with E-state index in [1.54, 1.807) is 0 Å². The molecule has 2 aromatic rings. The first-order chi connectivity index (χ1) is 15.3. The van der Waals surface area contributed by atoms with E-state index in [-0.39, 0.29) is 16.8 Å². The molecular formula is C18H12ClF9N2O3S. The zero-order chi connectivity index (χ0) is 26.5. The minimum Gasteiger partial charge on any atom is -0.391 e. The fourth-order valence-corrected chi connectivity index (χ4v) is 2.63. The van der Waals surface area contributed by atoms with Crippen molar-refractivity contribution in [2.75, 3.05) is 0 Å². The summed E-state index contributed by atoms with van der Waals surface area (Å²) < 4.78 is 139. The lowest BCUT2D eigenvalue weighted by molar-refractivity contribution is -0.144. The van der Waals surface area contributed by atoms with Crippen LogP contribution in [0.15, 0.2) is 41.6 Å². The summed E-state index contributed by atoms with van der Waals surface area (Å²) >= 11 is 5.68. The van der Waals surface area contributed by atoms with Crippen LogP contribution in [0, 0.1) is 4.78 Å². The lowest BCUT2D eigenvalue weighted by Gasteiger charge is -2.16. The maximum absolute atomic E-state index is 13.1. The Kier molecular flexibility index (Phi) is 9.52. The Morgan fingerprint density at radius 2 is 1.44 bits per heavy atom. The Morgan fingerprint density at radius 1 is 0.912 bits per heavy atom. The second-order valence-electron chi connectivity index (χ2n) is 6.24. The largest absolute Gasteiger partial charge is 0.417 e. The van der Waals surface area contributed by atoms with E-state index in [4.69, 9.17) is 29.6 Å². The third-order valence-electron chi connectivity index (χ3n) is 3.84. The Balaban J connectivity index is 0.00000133. The van der Waals surface area contributed by atoms with Gasteiger partial charge in [0.15, 0.2) is 0 Å². The van der Waals surface area contributed by atoms with Crippen LogP contribution in [-0.2, 0) is 40.5 Å². The summed E-state index contributed by atoms with van der Waals surface area (Å²) in [6.45, 7) is 0.185. The van der Waals surface area contributed by atoms with Gasteiger partial charge < -0.3 is 4.84 Å². The number of rotatable bonds is 4. The molecule has 0 saturated heterocycles. The molecule has 1 N–H and O–H groups in total. The van der Waals surface area contributed by atoms with Crippen LogP contribution in [-0.4, -0.2) is 14.1 Å². The lowest BCUT2D eigenvalue weighted by Crippen LogP contribution is -2.14. The Bertz CT molecular complexity index is 1150. The molecule has 0 bridgehead atoms. The summed E-state index contributed by atoms with van der Waals surface area (Å²) in [7, 11) is -2.61. The minimum atomic E-state index is -5.12. The molecule has 0 unspecified atom stereocenters. The van der Waals surface area contributed by atoms with Crippen LogP contribution < -0.4 is 0 Å². The Morgan fingerprint density at radius 3 is 1.91 bits per heavy atom. The quantitative estimate of drug-likeness (QED) is 0.257. The van der Waals surface area contributed by atoms with Crippen LogP contribution in [0.4, 0.5) is 39.5 Å². The molecular weight excluding hydrogens is 531 g/mol. The van der Waals surface area contributed by atoms with Crippen molar-refractivity contribution in [3.63, 3.8) is 0 Å². The summed E-state index contributed by atoms with van der Waals surface area (Å²) in [6.07, 6.45) is -14.9. The van der Waals surface area contributed by atoms with Crippen LogP contribution in [0.25, 0.3) is 0 Å². The molecule has 0 saturated carbocycles. The van der Waals surface area contributed by atoms with Gasteiger partial charge in [-0.05, 0) is 37.3 Å². The van der Waals surface area contributed by atoms with Gasteiger partial charge in [-0.25, -0.2) is 0 Å². The van der Waals surface area contributed by atoms with Crippen LogP contribution >= 0.6 is 11.6 Å². The molecule has 0 aromatic heterocycles. The Hall–Kier alpha value is -2.81. The minimum absolute atomic E-state index is 0.0466. The highest BCUT2D eigenvalue weighted by Crippen LogP contribution is 2.38. The van der Waals surface area contributed by atoms with Crippen molar-refractivity contribution in [3.8, 4) is 0 Å². The monoisotopic (exact) mass is 542 g/mol. The number of halogens is 10. The van der Waals surface area contributed by atoms with Gasteiger partial charge in [0.1, 0.15) is 6.61 Å². The molecule has 0 aliphatic carbocycles. The number of nitrogens with one attached hydrogen (secondary N) is 1. The molecule has 0 aliphatic rings. The van der Waals surface area contributed by atoms with Crippen LogP contribution in [0.1, 0.15) is 34.7 Å². The number of oxime groups is 1. The van der Waals surface area contributed by atoms with E-state index >= 15 is 0 Å². The van der Waals surface area contributed by atoms with E-state index in [1.807, 2.05) is 0 Å². The molecule has 2 aromatic carbocycles. The fourth-order valence-electron chi connectivity index (χ4n) is 2.45. The first kappa shape index (κ1) is 29.2. The molecule has 0 heterocycles. The van der Waals surface area contributed by atoms with Crippen LogP contribution in [0.3, 0.4) is 0 Å². The molecule has 34 heavy (non-hydrogen) atoms. The molecule has 16 heteroatoms. The van der Waals surface area contributed by atoms with Gasteiger partial charge in [0.05, 0.1) is 22.4 Å². The summed E-state index contributed by atoms with van der Waals surface area (Å²) in [5.74, 6) is 0. The maximum Gasteiger partial charge on any atom is 0.417 e. The van der Waals surface area contributed by atoms with Gasteiger partial charge in [0.2, 0.25) is 0 Å². The van der Waals surface area contributed by atoms with Gasteiger partial charge in [-0.1, -0.05) is 22.8 Å². The Labute approximate surface area is 192 Å². The average molecular weight is 543 g/mol. The summed E-state index contributed by atoms with van der Waals surface area (Å²) in [4.78, 5) is 4.70. The van der Waals surface area contributed by atoms with E-state index in [0.29, 0.717) is 18.2 Å². The summed E-state index contributed by atoms with van der Waals surface area (Å²) in [5, 5.41) is 3.32. The van der Waals surface area contributed by atoms with Gasteiger partial charge in [-0.3, -0.25) is 0 Å². The van der Waals surface area contributed by atoms with Gasteiger partial charge in [-0.15, -0.1) is 0 Å². The molecule has 0 spiro atoms. The van der Waals surface area contributed by atoms with Crippen molar-refractivity contribution in [1.82, 2.24) is 0 Å². The SMILES string of the molecule is C/C(=N\OCc1ccc(C(F)(F)F)cc1C(F)(F)F)c1cc(Cl)ccc1C(F)(F)F.N=S(=O)=O. The number of hydrogen-bond donors (Lipinski definition) is 1. The molecule has 0 atom stereocenters. The van der Waals surface area contributed by atoms with Crippen molar-refractivity contribution in [1.29, 1.82) is 4.78 Å². The van der Waals surface area contributed by atoms with Crippen LogP contribution in [0.5, 0.6) is 0 Å². The molecule has 2 rings (SSSR count). The highest BCUT2D eigenvalue weighted by Gasteiger charge is 2.38. The number of benzene rings is 2. The van der Waals surface area contributed by atoms with E-state index in [0.717, 1.165) is 19.1 Å². The van der Waals surface area contributed by atoms with Crippen molar-refractivity contribution < 1.29 is 52.8 Å². The van der Waals surface area contributed by atoms with E-state index in [2.05, 4.69) is 5.16 Å². The van der Waals surface area contributed by atoms with Crippen molar-refractivity contribution in [2.24, 2.45) is 5.16 Å². The zero-order valence-corrected chi connectivity index (χ0v) is 18.1. The van der Waals surface area contributed by atoms with Gasteiger partial charge in [-0.2, -0.15) is 52.7 Å².